The lowest BCUT2D eigenvalue weighted by Gasteiger charge is -2.16. The van der Waals surface area contributed by atoms with Crippen molar-refractivity contribution in [2.45, 2.75) is 31.1 Å². The molecule has 108 valence electrons. The molecular weight excluding hydrogens is 252 g/mol. The summed E-state index contributed by atoms with van der Waals surface area (Å²) in [7, 11) is 2.21. The quantitative estimate of drug-likeness (QED) is 0.493. The van der Waals surface area contributed by atoms with Crippen molar-refractivity contribution >= 4 is 11.8 Å². The summed E-state index contributed by atoms with van der Waals surface area (Å²) in [6.45, 7) is 6.86. The van der Waals surface area contributed by atoms with Gasteiger partial charge in [0.1, 0.15) is 0 Å². The van der Waals surface area contributed by atoms with Crippen molar-refractivity contribution in [3.05, 3.63) is 30.3 Å². The molecule has 2 nitrogen and oxygen atoms in total. The van der Waals surface area contributed by atoms with E-state index < -0.39 is 0 Å². The summed E-state index contributed by atoms with van der Waals surface area (Å²) in [4.78, 5) is 3.79. The largest absolute Gasteiger partial charge is 0.315 e. The third-order valence-corrected chi connectivity index (χ3v) is 4.17. The van der Waals surface area contributed by atoms with E-state index in [-0.39, 0.29) is 0 Å². The molecule has 0 heterocycles. The first-order chi connectivity index (χ1) is 9.33. The van der Waals surface area contributed by atoms with Crippen molar-refractivity contribution in [3.63, 3.8) is 0 Å². The van der Waals surface area contributed by atoms with Gasteiger partial charge in [0.05, 0.1) is 0 Å². The van der Waals surface area contributed by atoms with E-state index >= 15 is 0 Å². The minimum Gasteiger partial charge on any atom is -0.315 e. The van der Waals surface area contributed by atoms with Crippen molar-refractivity contribution in [2.24, 2.45) is 0 Å². The highest BCUT2D eigenvalue weighted by Crippen LogP contribution is 2.17. The molecule has 1 aromatic rings. The topological polar surface area (TPSA) is 15.3 Å². The van der Waals surface area contributed by atoms with Crippen LogP contribution in [0.1, 0.15) is 26.2 Å². The summed E-state index contributed by atoms with van der Waals surface area (Å²) >= 11 is 1.95. The minimum atomic E-state index is 1.11. The lowest BCUT2D eigenvalue weighted by Crippen LogP contribution is -2.30. The molecule has 3 heteroatoms. The van der Waals surface area contributed by atoms with Gasteiger partial charge in [-0.1, -0.05) is 31.5 Å². The van der Waals surface area contributed by atoms with Crippen LogP contribution < -0.4 is 5.32 Å². The molecule has 1 N–H and O–H groups in total. The fraction of sp³-hybridized carbons (Fsp3) is 0.625. The molecule has 0 aliphatic rings. The van der Waals surface area contributed by atoms with Crippen LogP contribution in [0.15, 0.2) is 35.2 Å². The molecule has 0 unspecified atom stereocenters. The van der Waals surface area contributed by atoms with Gasteiger partial charge in [0, 0.05) is 18.0 Å². The molecule has 0 bridgehead atoms. The van der Waals surface area contributed by atoms with Gasteiger partial charge in [-0.2, -0.15) is 0 Å². The molecule has 0 aromatic heterocycles. The monoisotopic (exact) mass is 280 g/mol. The fourth-order valence-electron chi connectivity index (χ4n) is 1.84. The highest BCUT2D eigenvalue weighted by molar-refractivity contribution is 7.99. The van der Waals surface area contributed by atoms with Gasteiger partial charge in [-0.25, -0.2) is 0 Å². The predicted molar refractivity (Wildman–Crippen MR) is 87.1 cm³/mol. The zero-order valence-corrected chi connectivity index (χ0v) is 13.2. The van der Waals surface area contributed by atoms with Gasteiger partial charge in [-0.05, 0) is 50.9 Å². The second kappa shape index (κ2) is 11.3. The van der Waals surface area contributed by atoms with Gasteiger partial charge < -0.3 is 10.2 Å². The van der Waals surface area contributed by atoms with Gasteiger partial charge in [-0.15, -0.1) is 11.8 Å². The molecule has 1 aromatic carbocycles. The summed E-state index contributed by atoms with van der Waals surface area (Å²) in [6.07, 6.45) is 3.83. The van der Waals surface area contributed by atoms with Gasteiger partial charge >= 0.3 is 0 Å². The van der Waals surface area contributed by atoms with Crippen molar-refractivity contribution in [2.75, 3.05) is 39.0 Å². The van der Waals surface area contributed by atoms with E-state index in [1.807, 2.05) is 11.8 Å². The summed E-state index contributed by atoms with van der Waals surface area (Å²) < 4.78 is 0. The molecule has 0 aliphatic heterocycles. The maximum atomic E-state index is 3.52. The van der Waals surface area contributed by atoms with E-state index in [1.54, 1.807) is 0 Å². The maximum absolute atomic E-state index is 3.52. The number of likely N-dealkylation sites (N-methyl/N-ethyl adjacent to an activating group) is 1. The standard InChI is InChI=1S/C16H28N2S/c1-3-4-13-18(2)14-12-17-11-8-15-19-16-9-6-5-7-10-16/h5-7,9-10,17H,3-4,8,11-15H2,1-2H3. The Morgan fingerprint density at radius 2 is 1.84 bits per heavy atom. The van der Waals surface area contributed by atoms with Crippen LogP contribution in [0.25, 0.3) is 0 Å². The van der Waals surface area contributed by atoms with E-state index in [9.17, 15) is 0 Å². The highest BCUT2D eigenvalue weighted by atomic mass is 32.2. The Balaban J connectivity index is 1.89. The van der Waals surface area contributed by atoms with E-state index in [0.717, 1.165) is 19.6 Å². The van der Waals surface area contributed by atoms with Crippen molar-refractivity contribution < 1.29 is 0 Å². The van der Waals surface area contributed by atoms with Gasteiger partial charge in [-0.3, -0.25) is 0 Å². The third kappa shape index (κ3) is 9.09. The molecule has 0 spiro atoms. The van der Waals surface area contributed by atoms with Crippen LogP contribution in [-0.2, 0) is 0 Å². The smallest absolute Gasteiger partial charge is 0.0104 e. The average Bonchev–Trinajstić information content (AvgIpc) is 2.45. The third-order valence-electron chi connectivity index (χ3n) is 3.07. The van der Waals surface area contributed by atoms with Crippen molar-refractivity contribution in [3.8, 4) is 0 Å². The van der Waals surface area contributed by atoms with Gasteiger partial charge in [0.15, 0.2) is 0 Å². The highest BCUT2D eigenvalue weighted by Gasteiger charge is 1.97. The number of hydrogen-bond acceptors (Lipinski definition) is 3. The molecule has 0 atom stereocenters. The van der Waals surface area contributed by atoms with E-state index in [2.05, 4.69) is 54.5 Å². The fourth-order valence-corrected chi connectivity index (χ4v) is 2.71. The van der Waals surface area contributed by atoms with E-state index in [0.29, 0.717) is 0 Å². The Labute approximate surface area is 123 Å². The number of unbranched alkanes of at least 4 members (excludes halogenated alkanes) is 1. The Morgan fingerprint density at radius 1 is 1.05 bits per heavy atom. The molecule has 0 aliphatic carbocycles. The molecule has 0 saturated carbocycles. The number of thioether (sulfide) groups is 1. The summed E-state index contributed by atoms with van der Waals surface area (Å²) in [6, 6.07) is 10.6. The normalized spacial score (nSPS) is 11.1. The van der Waals surface area contributed by atoms with E-state index in [4.69, 9.17) is 0 Å². The molecule has 19 heavy (non-hydrogen) atoms. The Morgan fingerprint density at radius 3 is 2.58 bits per heavy atom. The van der Waals surface area contributed by atoms with Crippen LogP contribution in [0.5, 0.6) is 0 Å². The minimum absolute atomic E-state index is 1.11. The van der Waals surface area contributed by atoms with Crippen LogP contribution in [0.2, 0.25) is 0 Å². The van der Waals surface area contributed by atoms with Crippen LogP contribution in [0.4, 0.5) is 0 Å². The summed E-state index contributed by atoms with van der Waals surface area (Å²) in [5.74, 6) is 1.20. The van der Waals surface area contributed by atoms with Crippen LogP contribution in [0, 0.1) is 0 Å². The lowest BCUT2D eigenvalue weighted by atomic mass is 10.3. The van der Waals surface area contributed by atoms with Crippen LogP contribution >= 0.6 is 11.8 Å². The van der Waals surface area contributed by atoms with Crippen LogP contribution in [0.3, 0.4) is 0 Å². The molecule has 0 fully saturated rings. The SMILES string of the molecule is CCCCN(C)CCNCCCSc1ccccc1. The number of benzene rings is 1. The average molecular weight is 280 g/mol. The first-order valence-electron chi connectivity index (χ1n) is 7.40. The van der Waals surface area contributed by atoms with E-state index in [1.165, 1.54) is 36.5 Å². The first kappa shape index (κ1) is 16.5. The number of hydrogen-bond donors (Lipinski definition) is 1. The second-order valence-corrected chi connectivity index (χ2v) is 6.09. The van der Waals surface area contributed by atoms with Crippen LogP contribution in [-0.4, -0.2) is 43.9 Å². The Kier molecular flexibility index (Phi) is 9.86. The number of nitrogens with zero attached hydrogens (tertiary/aromatic N) is 1. The summed E-state index contributed by atoms with van der Waals surface area (Å²) in [5.41, 5.74) is 0. The zero-order valence-electron chi connectivity index (χ0n) is 12.4. The second-order valence-electron chi connectivity index (χ2n) is 4.92. The molecular formula is C16H28N2S. The first-order valence-corrected chi connectivity index (χ1v) is 8.38. The molecule has 0 radical (unpaired) electrons. The van der Waals surface area contributed by atoms with Gasteiger partial charge in [0.25, 0.3) is 0 Å². The van der Waals surface area contributed by atoms with Crippen molar-refractivity contribution in [1.29, 1.82) is 0 Å². The number of nitrogens with one attached hydrogen (secondary N) is 1. The summed E-state index contributed by atoms with van der Waals surface area (Å²) in [5, 5.41) is 3.52. The molecule has 0 saturated heterocycles. The molecule has 0 amide bonds. The predicted octanol–water partition coefficient (Wildman–Crippen LogP) is 3.49. The lowest BCUT2D eigenvalue weighted by molar-refractivity contribution is 0.326. The Hall–Kier alpha value is -0.510. The van der Waals surface area contributed by atoms with Crippen molar-refractivity contribution in [1.82, 2.24) is 10.2 Å². The van der Waals surface area contributed by atoms with Gasteiger partial charge in [0.2, 0.25) is 0 Å². The number of rotatable bonds is 11. The Bertz CT molecular complexity index is 303. The molecule has 1 rings (SSSR count). The maximum Gasteiger partial charge on any atom is 0.0104 e. The zero-order chi connectivity index (χ0) is 13.8.